The lowest BCUT2D eigenvalue weighted by molar-refractivity contribution is -0.120. The van der Waals surface area contributed by atoms with Crippen molar-refractivity contribution in [2.75, 3.05) is 11.6 Å². The van der Waals surface area contributed by atoms with Crippen LogP contribution in [-0.4, -0.2) is 36.2 Å². The fourth-order valence-electron chi connectivity index (χ4n) is 3.34. The predicted molar refractivity (Wildman–Crippen MR) is 82.4 cm³/mol. The van der Waals surface area contributed by atoms with E-state index >= 15 is 0 Å². The first-order valence-corrected chi connectivity index (χ1v) is 9.10. The predicted octanol–water partition coefficient (Wildman–Crippen LogP) is 1.65. The van der Waals surface area contributed by atoms with E-state index in [1.54, 1.807) is 6.07 Å². The lowest BCUT2D eigenvalue weighted by Gasteiger charge is -2.27. The Kier molecular flexibility index (Phi) is 2.69. The van der Waals surface area contributed by atoms with Crippen molar-refractivity contribution in [2.45, 2.75) is 23.8 Å². The zero-order chi connectivity index (χ0) is 16.5. The van der Waals surface area contributed by atoms with Crippen molar-refractivity contribution in [3.05, 3.63) is 23.9 Å². The maximum atomic E-state index is 12.5. The summed E-state index contributed by atoms with van der Waals surface area (Å²) < 4.78 is 25.5. The van der Waals surface area contributed by atoms with Crippen LogP contribution in [0.1, 0.15) is 29.4 Å². The molecule has 1 amide bonds. The fourth-order valence-corrected chi connectivity index (χ4v) is 4.17. The van der Waals surface area contributed by atoms with Gasteiger partial charge in [-0.3, -0.25) is 4.79 Å². The average molecular weight is 334 g/mol. The van der Waals surface area contributed by atoms with E-state index < -0.39 is 21.8 Å². The van der Waals surface area contributed by atoms with Crippen LogP contribution in [0.2, 0.25) is 0 Å². The summed E-state index contributed by atoms with van der Waals surface area (Å²) in [5, 5.41) is 12.8. The fraction of sp³-hybridized carbons (Fsp3) is 0.333. The van der Waals surface area contributed by atoms with Gasteiger partial charge < -0.3 is 15.0 Å². The van der Waals surface area contributed by atoms with Gasteiger partial charge in [-0.1, -0.05) is 6.07 Å². The van der Waals surface area contributed by atoms with Crippen LogP contribution in [-0.2, 0) is 14.6 Å². The number of carboxylic acids is 1. The topological polar surface area (TPSA) is 105 Å². The summed E-state index contributed by atoms with van der Waals surface area (Å²) in [6, 6.07) is 3.88. The standard InChI is InChI=1S/C15H14N2O5S/c1-23(21,22)10-5-4-8-6-9(15(19)20)17-12(8)11(10)16-14(18)13(17)7-2-3-7/h4-7,13H,2-3H2,1H3,(H,16,18)(H,19,20). The maximum absolute atomic E-state index is 12.5. The van der Waals surface area contributed by atoms with Crippen molar-refractivity contribution in [3.8, 4) is 0 Å². The van der Waals surface area contributed by atoms with Gasteiger partial charge in [-0.25, -0.2) is 13.2 Å². The monoisotopic (exact) mass is 334 g/mol. The molecule has 2 heterocycles. The Balaban J connectivity index is 2.13. The third-order valence-electron chi connectivity index (χ3n) is 4.45. The minimum absolute atomic E-state index is 0.00360. The van der Waals surface area contributed by atoms with Crippen LogP contribution in [0.25, 0.3) is 10.9 Å². The molecule has 1 fully saturated rings. The largest absolute Gasteiger partial charge is 0.477 e. The number of rotatable bonds is 3. The molecular formula is C15H14N2O5S. The first kappa shape index (κ1) is 14.3. The van der Waals surface area contributed by atoms with Gasteiger partial charge in [-0.15, -0.1) is 0 Å². The van der Waals surface area contributed by atoms with Crippen molar-refractivity contribution in [1.29, 1.82) is 0 Å². The van der Waals surface area contributed by atoms with Gasteiger partial charge >= 0.3 is 5.97 Å². The molecule has 4 rings (SSSR count). The molecule has 1 aliphatic carbocycles. The molecule has 0 bridgehead atoms. The van der Waals surface area contributed by atoms with E-state index in [0.717, 1.165) is 19.1 Å². The Labute approximate surface area is 131 Å². The van der Waals surface area contributed by atoms with Gasteiger partial charge in [-0.2, -0.15) is 0 Å². The maximum Gasteiger partial charge on any atom is 0.352 e. The van der Waals surface area contributed by atoms with E-state index in [1.807, 2.05) is 0 Å². The van der Waals surface area contributed by atoms with Gasteiger partial charge in [0.2, 0.25) is 5.91 Å². The van der Waals surface area contributed by atoms with Gasteiger partial charge in [0.25, 0.3) is 0 Å². The van der Waals surface area contributed by atoms with Crippen LogP contribution in [0.15, 0.2) is 23.1 Å². The molecule has 0 saturated heterocycles. The van der Waals surface area contributed by atoms with E-state index in [-0.39, 0.29) is 28.1 Å². The summed E-state index contributed by atoms with van der Waals surface area (Å²) in [5.41, 5.74) is 0.667. The number of carbonyl (C=O) groups is 2. The highest BCUT2D eigenvalue weighted by molar-refractivity contribution is 7.90. The van der Waals surface area contributed by atoms with Crippen LogP contribution in [0.4, 0.5) is 5.69 Å². The zero-order valence-corrected chi connectivity index (χ0v) is 13.1. The number of hydrogen-bond acceptors (Lipinski definition) is 4. The second-order valence-electron chi connectivity index (χ2n) is 6.12. The number of sulfone groups is 1. The van der Waals surface area contributed by atoms with E-state index in [2.05, 4.69) is 5.32 Å². The highest BCUT2D eigenvalue weighted by Gasteiger charge is 2.43. The van der Waals surface area contributed by atoms with E-state index in [4.69, 9.17) is 0 Å². The van der Waals surface area contributed by atoms with Gasteiger partial charge in [0, 0.05) is 11.6 Å². The highest BCUT2D eigenvalue weighted by atomic mass is 32.2. The van der Waals surface area contributed by atoms with Crippen LogP contribution >= 0.6 is 0 Å². The number of hydrogen-bond donors (Lipinski definition) is 2. The van der Waals surface area contributed by atoms with E-state index in [9.17, 15) is 23.1 Å². The summed E-state index contributed by atoms with van der Waals surface area (Å²) in [6.45, 7) is 0. The minimum Gasteiger partial charge on any atom is -0.477 e. The number of benzene rings is 1. The molecular weight excluding hydrogens is 320 g/mol. The van der Waals surface area contributed by atoms with Gasteiger partial charge in [0.15, 0.2) is 9.84 Å². The van der Waals surface area contributed by atoms with E-state index in [1.165, 1.54) is 16.7 Å². The van der Waals surface area contributed by atoms with Crippen molar-refractivity contribution < 1.29 is 23.1 Å². The SMILES string of the molecule is CS(=O)(=O)c1ccc2cc(C(=O)O)n3c2c1NC(=O)C3C1CC1. The highest BCUT2D eigenvalue weighted by Crippen LogP contribution is 2.47. The molecule has 0 radical (unpaired) electrons. The average Bonchev–Trinajstić information content (AvgIpc) is 3.19. The van der Waals surface area contributed by atoms with E-state index in [0.29, 0.717) is 10.9 Å². The molecule has 1 aromatic carbocycles. The summed E-state index contributed by atoms with van der Waals surface area (Å²) in [6.07, 6.45) is 2.78. The number of nitrogens with zero attached hydrogens (tertiary/aromatic N) is 1. The molecule has 7 nitrogen and oxygen atoms in total. The molecule has 1 unspecified atom stereocenters. The van der Waals surface area contributed by atoms with Crippen LogP contribution in [0, 0.1) is 5.92 Å². The molecule has 1 atom stereocenters. The first-order valence-electron chi connectivity index (χ1n) is 7.21. The molecule has 8 heteroatoms. The molecule has 120 valence electrons. The number of carbonyl (C=O) groups excluding carboxylic acids is 1. The number of aromatic nitrogens is 1. The summed E-state index contributed by atoms with van der Waals surface area (Å²) in [7, 11) is -3.55. The number of nitrogens with one attached hydrogen (secondary N) is 1. The third kappa shape index (κ3) is 1.98. The van der Waals surface area contributed by atoms with Crippen molar-refractivity contribution in [1.82, 2.24) is 4.57 Å². The summed E-state index contributed by atoms with van der Waals surface area (Å²) >= 11 is 0. The van der Waals surface area contributed by atoms with Crippen LogP contribution in [0.5, 0.6) is 0 Å². The molecule has 23 heavy (non-hydrogen) atoms. The normalized spacial score (nSPS) is 20.6. The van der Waals surface area contributed by atoms with Crippen LogP contribution < -0.4 is 5.32 Å². The Hall–Kier alpha value is -2.35. The molecule has 2 N–H and O–H groups in total. The number of aromatic carboxylic acids is 1. The smallest absolute Gasteiger partial charge is 0.352 e. The second kappa shape index (κ2) is 4.35. The molecule has 2 aromatic rings. The Bertz CT molecular complexity index is 985. The third-order valence-corrected chi connectivity index (χ3v) is 5.58. The number of anilines is 1. The molecule has 2 aliphatic rings. The zero-order valence-electron chi connectivity index (χ0n) is 12.2. The summed E-state index contributed by atoms with van der Waals surface area (Å²) in [5.74, 6) is -1.39. The van der Waals surface area contributed by atoms with Gasteiger partial charge in [0.1, 0.15) is 11.7 Å². The molecule has 1 aliphatic heterocycles. The van der Waals surface area contributed by atoms with Crippen molar-refractivity contribution in [3.63, 3.8) is 0 Å². The Morgan fingerprint density at radius 3 is 2.61 bits per heavy atom. The molecule has 0 spiro atoms. The number of carboxylic acid groups (broad SMARTS) is 1. The number of amides is 1. The lowest BCUT2D eigenvalue weighted by Crippen LogP contribution is -2.34. The Morgan fingerprint density at radius 2 is 2.04 bits per heavy atom. The molecule has 1 aromatic heterocycles. The van der Waals surface area contributed by atoms with Crippen molar-refractivity contribution >= 4 is 38.3 Å². The van der Waals surface area contributed by atoms with Crippen molar-refractivity contribution in [2.24, 2.45) is 5.92 Å². The van der Waals surface area contributed by atoms with Gasteiger partial charge in [0.05, 0.1) is 16.1 Å². The van der Waals surface area contributed by atoms with Gasteiger partial charge in [-0.05, 0) is 30.9 Å². The quantitative estimate of drug-likeness (QED) is 0.888. The lowest BCUT2D eigenvalue weighted by atomic mass is 10.1. The first-order chi connectivity index (χ1) is 10.8. The summed E-state index contributed by atoms with van der Waals surface area (Å²) in [4.78, 5) is 24.1. The molecule has 1 saturated carbocycles. The van der Waals surface area contributed by atoms with Crippen LogP contribution in [0.3, 0.4) is 0 Å². The Morgan fingerprint density at radius 1 is 1.35 bits per heavy atom. The minimum atomic E-state index is -3.55. The second-order valence-corrected chi connectivity index (χ2v) is 8.11.